The number of carbonyl (C=O) groups excluding carboxylic acids is 2. The number of fused-ring (bicyclic) bond motifs is 1. The van der Waals surface area contributed by atoms with E-state index in [1.165, 1.54) is 17.4 Å². The number of aromatic nitrogens is 1. The van der Waals surface area contributed by atoms with Gasteiger partial charge in [0.05, 0.1) is 12.2 Å². The zero-order valence-corrected chi connectivity index (χ0v) is 17.5. The SMILES string of the molecule is CC(C)(C)OC(=O)N1CCc2nc(NC(=O)C3CC3c3ccccc3F)sc2C1. The van der Waals surface area contributed by atoms with Crippen LogP contribution in [0, 0.1) is 11.7 Å². The molecule has 1 aliphatic heterocycles. The van der Waals surface area contributed by atoms with Crippen molar-refractivity contribution in [1.82, 2.24) is 9.88 Å². The summed E-state index contributed by atoms with van der Waals surface area (Å²) in [6, 6.07) is 6.60. The minimum atomic E-state index is -0.538. The first-order valence-electron chi connectivity index (χ1n) is 9.73. The number of carbonyl (C=O) groups is 2. The van der Waals surface area contributed by atoms with Gasteiger partial charge in [0, 0.05) is 23.8 Å². The van der Waals surface area contributed by atoms with Crippen molar-refractivity contribution in [3.8, 4) is 0 Å². The van der Waals surface area contributed by atoms with Gasteiger partial charge in [0.1, 0.15) is 11.4 Å². The predicted molar refractivity (Wildman–Crippen MR) is 108 cm³/mol. The third-order valence-corrected chi connectivity index (χ3v) is 6.04. The minimum Gasteiger partial charge on any atom is -0.444 e. The summed E-state index contributed by atoms with van der Waals surface area (Å²) < 4.78 is 19.4. The number of nitrogens with one attached hydrogen (secondary N) is 1. The fourth-order valence-corrected chi connectivity index (χ4v) is 4.56. The largest absolute Gasteiger partial charge is 0.444 e. The maximum atomic E-state index is 13.9. The number of hydrogen-bond acceptors (Lipinski definition) is 5. The van der Waals surface area contributed by atoms with Crippen LogP contribution in [-0.2, 0) is 22.5 Å². The van der Waals surface area contributed by atoms with E-state index in [1.54, 1.807) is 23.1 Å². The quantitative estimate of drug-likeness (QED) is 0.807. The average molecular weight is 418 g/mol. The second-order valence-electron chi connectivity index (χ2n) is 8.50. The molecule has 1 N–H and O–H groups in total. The Labute approximate surface area is 173 Å². The maximum absolute atomic E-state index is 13.9. The first-order valence-corrected chi connectivity index (χ1v) is 10.5. The lowest BCUT2D eigenvalue weighted by Gasteiger charge is -2.29. The standard InChI is InChI=1S/C21H24FN3O3S/c1-21(2,3)28-20(27)25-9-8-16-17(11-25)29-19(23-16)24-18(26)14-10-13(14)12-6-4-5-7-15(12)22/h4-7,13-14H,8-11H2,1-3H3,(H,23,24,26). The molecule has 1 aliphatic carbocycles. The molecular weight excluding hydrogens is 393 g/mol. The van der Waals surface area contributed by atoms with Gasteiger partial charge in [0.25, 0.3) is 0 Å². The van der Waals surface area contributed by atoms with Crippen molar-refractivity contribution in [3.05, 3.63) is 46.2 Å². The highest BCUT2D eigenvalue weighted by molar-refractivity contribution is 7.15. The van der Waals surface area contributed by atoms with E-state index in [0.717, 1.165) is 10.6 Å². The predicted octanol–water partition coefficient (Wildman–Crippen LogP) is 4.32. The number of nitrogens with zero attached hydrogens (tertiary/aromatic N) is 2. The number of hydrogen-bond donors (Lipinski definition) is 1. The van der Waals surface area contributed by atoms with Gasteiger partial charge in [0.15, 0.2) is 5.13 Å². The number of ether oxygens (including phenoxy) is 1. The van der Waals surface area contributed by atoms with Crippen LogP contribution in [0.1, 0.15) is 49.2 Å². The highest BCUT2D eigenvalue weighted by Gasteiger charge is 2.45. The Balaban J connectivity index is 1.37. The highest BCUT2D eigenvalue weighted by atomic mass is 32.1. The van der Waals surface area contributed by atoms with Crippen molar-refractivity contribution < 1.29 is 18.7 Å². The Morgan fingerprint density at radius 2 is 2.07 bits per heavy atom. The van der Waals surface area contributed by atoms with Crippen LogP contribution in [0.5, 0.6) is 0 Å². The van der Waals surface area contributed by atoms with Crippen molar-refractivity contribution in [2.75, 3.05) is 11.9 Å². The normalized spacial score (nSPS) is 20.8. The van der Waals surface area contributed by atoms with Crippen molar-refractivity contribution in [2.45, 2.75) is 51.7 Å². The van der Waals surface area contributed by atoms with Gasteiger partial charge in [0.2, 0.25) is 5.91 Å². The fraction of sp³-hybridized carbons (Fsp3) is 0.476. The van der Waals surface area contributed by atoms with E-state index in [9.17, 15) is 14.0 Å². The molecule has 2 heterocycles. The van der Waals surface area contributed by atoms with Crippen LogP contribution in [0.15, 0.2) is 24.3 Å². The molecule has 29 heavy (non-hydrogen) atoms. The first kappa shape index (κ1) is 19.8. The third-order valence-electron chi connectivity index (χ3n) is 5.04. The smallest absolute Gasteiger partial charge is 0.410 e. The summed E-state index contributed by atoms with van der Waals surface area (Å²) in [5, 5.41) is 3.41. The van der Waals surface area contributed by atoms with Crippen LogP contribution in [0.4, 0.5) is 14.3 Å². The lowest BCUT2D eigenvalue weighted by molar-refractivity contribution is -0.117. The molecule has 2 aliphatic rings. The number of thiazole rings is 1. The van der Waals surface area contributed by atoms with Crippen LogP contribution >= 0.6 is 11.3 Å². The number of halogens is 1. The van der Waals surface area contributed by atoms with E-state index >= 15 is 0 Å². The molecule has 0 bridgehead atoms. The highest BCUT2D eigenvalue weighted by Crippen LogP contribution is 2.48. The van der Waals surface area contributed by atoms with Gasteiger partial charge in [-0.1, -0.05) is 29.5 Å². The van der Waals surface area contributed by atoms with Crippen molar-refractivity contribution in [3.63, 3.8) is 0 Å². The van der Waals surface area contributed by atoms with Crippen LogP contribution in [0.2, 0.25) is 0 Å². The van der Waals surface area contributed by atoms with Gasteiger partial charge in [-0.3, -0.25) is 4.79 Å². The fourth-order valence-electron chi connectivity index (χ4n) is 3.53. The summed E-state index contributed by atoms with van der Waals surface area (Å²) in [5.41, 5.74) is 0.967. The second-order valence-corrected chi connectivity index (χ2v) is 9.58. The molecular formula is C21H24FN3O3S. The van der Waals surface area contributed by atoms with E-state index in [-0.39, 0.29) is 29.7 Å². The molecule has 0 spiro atoms. The Hall–Kier alpha value is -2.48. The van der Waals surface area contributed by atoms with E-state index in [0.29, 0.717) is 36.6 Å². The van der Waals surface area contributed by atoms with E-state index in [1.807, 2.05) is 20.8 Å². The second kappa shape index (κ2) is 7.40. The summed E-state index contributed by atoms with van der Waals surface area (Å²) in [5.74, 6) is -0.701. The average Bonchev–Trinajstić information content (AvgIpc) is 3.33. The monoisotopic (exact) mass is 417 g/mol. The molecule has 1 aromatic carbocycles. The van der Waals surface area contributed by atoms with Gasteiger partial charge in [-0.25, -0.2) is 14.2 Å². The van der Waals surface area contributed by atoms with Gasteiger partial charge >= 0.3 is 6.09 Å². The molecule has 1 fully saturated rings. The molecule has 0 radical (unpaired) electrons. The van der Waals surface area contributed by atoms with Gasteiger partial charge in [-0.2, -0.15) is 0 Å². The molecule has 2 amide bonds. The molecule has 2 aromatic rings. The number of anilines is 1. The third kappa shape index (κ3) is 4.42. The maximum Gasteiger partial charge on any atom is 0.410 e. The number of rotatable bonds is 3. The van der Waals surface area contributed by atoms with E-state index in [4.69, 9.17) is 4.74 Å². The van der Waals surface area contributed by atoms with Crippen molar-refractivity contribution in [1.29, 1.82) is 0 Å². The van der Waals surface area contributed by atoms with Gasteiger partial charge in [-0.15, -0.1) is 0 Å². The van der Waals surface area contributed by atoms with Crippen LogP contribution < -0.4 is 5.32 Å². The molecule has 1 saturated carbocycles. The zero-order chi connectivity index (χ0) is 20.8. The molecule has 0 saturated heterocycles. The molecule has 6 nitrogen and oxygen atoms in total. The summed E-state index contributed by atoms with van der Waals surface area (Å²) in [6.45, 7) is 6.49. The first-order chi connectivity index (χ1) is 13.7. The number of benzene rings is 1. The Morgan fingerprint density at radius 1 is 1.31 bits per heavy atom. The van der Waals surface area contributed by atoms with Crippen molar-refractivity contribution >= 4 is 28.5 Å². The zero-order valence-electron chi connectivity index (χ0n) is 16.7. The van der Waals surface area contributed by atoms with E-state index in [2.05, 4.69) is 10.3 Å². The Kier molecular flexibility index (Phi) is 5.06. The summed E-state index contributed by atoms with van der Waals surface area (Å²) >= 11 is 1.38. The molecule has 8 heteroatoms. The molecule has 2 atom stereocenters. The van der Waals surface area contributed by atoms with Gasteiger partial charge < -0.3 is 15.0 Å². The van der Waals surface area contributed by atoms with E-state index < -0.39 is 5.60 Å². The number of amides is 2. The Bertz CT molecular complexity index is 953. The summed E-state index contributed by atoms with van der Waals surface area (Å²) in [4.78, 5) is 32.0. The van der Waals surface area contributed by atoms with Crippen LogP contribution in [-0.4, -0.2) is 34.0 Å². The topological polar surface area (TPSA) is 71.5 Å². The minimum absolute atomic E-state index is 0.0755. The van der Waals surface area contributed by atoms with Crippen molar-refractivity contribution in [2.24, 2.45) is 5.92 Å². The summed E-state index contributed by atoms with van der Waals surface area (Å²) in [6.07, 6.45) is 0.930. The molecule has 4 rings (SSSR count). The van der Waals surface area contributed by atoms with Gasteiger partial charge in [-0.05, 0) is 44.7 Å². The lowest BCUT2D eigenvalue weighted by atomic mass is 10.1. The summed E-state index contributed by atoms with van der Waals surface area (Å²) in [7, 11) is 0. The Morgan fingerprint density at radius 3 is 2.79 bits per heavy atom. The van der Waals surface area contributed by atoms with Crippen LogP contribution in [0.25, 0.3) is 0 Å². The van der Waals surface area contributed by atoms with Crippen LogP contribution in [0.3, 0.4) is 0 Å². The lowest BCUT2D eigenvalue weighted by Crippen LogP contribution is -2.39. The molecule has 1 aromatic heterocycles. The molecule has 154 valence electrons. The molecule has 2 unspecified atom stereocenters.